The minimum Gasteiger partial charge on any atom is -0.481 e. The zero-order valence-corrected chi connectivity index (χ0v) is 13.4. The molecule has 22 heavy (non-hydrogen) atoms. The predicted octanol–water partition coefficient (Wildman–Crippen LogP) is 1.44. The lowest BCUT2D eigenvalue weighted by molar-refractivity contribution is 0.195. The van der Waals surface area contributed by atoms with E-state index in [1.165, 1.54) is 5.56 Å². The fourth-order valence-electron chi connectivity index (χ4n) is 1.85. The van der Waals surface area contributed by atoms with Gasteiger partial charge in [-0.1, -0.05) is 18.1 Å². The van der Waals surface area contributed by atoms with Crippen LogP contribution in [0, 0.1) is 12.3 Å². The molecule has 0 atom stereocenters. The summed E-state index contributed by atoms with van der Waals surface area (Å²) in [5.74, 6) is 4.06. The summed E-state index contributed by atoms with van der Waals surface area (Å²) in [7, 11) is 3.47. The van der Waals surface area contributed by atoms with Crippen LogP contribution >= 0.6 is 0 Å². The Morgan fingerprint density at radius 1 is 1.23 bits per heavy atom. The van der Waals surface area contributed by atoms with Crippen molar-refractivity contribution < 1.29 is 9.47 Å². The largest absolute Gasteiger partial charge is 0.481 e. The molecule has 1 aromatic carbocycles. The van der Waals surface area contributed by atoms with Gasteiger partial charge in [0.15, 0.2) is 5.96 Å². The molecule has 0 radical (unpaired) electrons. The second-order valence-electron chi connectivity index (χ2n) is 4.66. The monoisotopic (exact) mass is 303 g/mol. The van der Waals surface area contributed by atoms with Gasteiger partial charge in [0.1, 0.15) is 12.4 Å². The van der Waals surface area contributed by atoms with Gasteiger partial charge in [0.05, 0.1) is 0 Å². The number of nitrogens with one attached hydrogen (secondary N) is 2. The molecule has 5 heteroatoms. The summed E-state index contributed by atoms with van der Waals surface area (Å²) < 4.78 is 10.4. The highest BCUT2D eigenvalue weighted by atomic mass is 16.5. The maximum absolute atomic E-state index is 5.34. The molecule has 0 saturated heterocycles. The first-order valence-corrected chi connectivity index (χ1v) is 7.38. The van der Waals surface area contributed by atoms with Gasteiger partial charge < -0.3 is 20.1 Å². The summed E-state index contributed by atoms with van der Waals surface area (Å²) in [5, 5.41) is 6.53. The van der Waals surface area contributed by atoms with E-state index in [4.69, 9.17) is 15.9 Å². The number of hydrogen-bond acceptors (Lipinski definition) is 3. The summed E-state index contributed by atoms with van der Waals surface area (Å²) in [6, 6.07) is 7.96. The molecule has 1 aromatic rings. The fraction of sp³-hybridized carbons (Fsp3) is 0.471. The molecule has 5 nitrogen and oxygen atoms in total. The summed E-state index contributed by atoms with van der Waals surface area (Å²) in [6.07, 6.45) is 7.02. The van der Waals surface area contributed by atoms with E-state index >= 15 is 0 Å². The van der Waals surface area contributed by atoms with Crippen LogP contribution in [0.4, 0.5) is 0 Å². The van der Waals surface area contributed by atoms with Crippen molar-refractivity contribution in [1.82, 2.24) is 10.6 Å². The van der Waals surface area contributed by atoms with Crippen LogP contribution in [0.2, 0.25) is 0 Å². The lowest BCUT2D eigenvalue weighted by atomic mass is 10.1. The lowest BCUT2D eigenvalue weighted by Crippen LogP contribution is -2.38. The zero-order chi connectivity index (χ0) is 16.0. The maximum atomic E-state index is 5.34. The molecular weight excluding hydrogens is 278 g/mol. The van der Waals surface area contributed by atoms with Crippen molar-refractivity contribution in [3.8, 4) is 18.1 Å². The van der Waals surface area contributed by atoms with Crippen molar-refractivity contribution in [2.45, 2.75) is 12.8 Å². The van der Waals surface area contributed by atoms with Crippen LogP contribution in [-0.4, -0.2) is 46.4 Å². The zero-order valence-electron chi connectivity index (χ0n) is 13.4. The summed E-state index contributed by atoms with van der Waals surface area (Å²) in [6.45, 7) is 2.70. The molecule has 0 aliphatic rings. The average Bonchev–Trinajstić information content (AvgIpc) is 2.56. The molecule has 0 aliphatic carbocycles. The topological polar surface area (TPSA) is 54.9 Å². The molecule has 120 valence electrons. The van der Waals surface area contributed by atoms with Crippen molar-refractivity contribution in [3.05, 3.63) is 29.8 Å². The lowest BCUT2D eigenvalue weighted by Gasteiger charge is -2.11. The third-order valence-electron chi connectivity index (χ3n) is 2.99. The van der Waals surface area contributed by atoms with Gasteiger partial charge in [0, 0.05) is 33.9 Å². The number of aliphatic imine (C=N–C) groups is 1. The molecule has 1 rings (SSSR count). The first-order chi connectivity index (χ1) is 10.8. The third-order valence-corrected chi connectivity index (χ3v) is 2.99. The van der Waals surface area contributed by atoms with Crippen molar-refractivity contribution in [2.75, 3.05) is 40.5 Å². The summed E-state index contributed by atoms with van der Waals surface area (Å²) in [4.78, 5) is 4.18. The van der Waals surface area contributed by atoms with Crippen LogP contribution in [0.25, 0.3) is 0 Å². The standard InChI is InChI=1S/C17H25N3O2/c1-4-13-22-16-8-6-15(7-9-16)10-12-20-17(18-2)19-11-5-14-21-3/h1,6-9H,5,10-14H2,2-3H3,(H2,18,19,20). The highest BCUT2D eigenvalue weighted by Gasteiger charge is 1.98. The van der Waals surface area contributed by atoms with Crippen LogP contribution in [0.15, 0.2) is 29.3 Å². The van der Waals surface area contributed by atoms with Gasteiger partial charge in [-0.25, -0.2) is 0 Å². The molecule has 0 heterocycles. The second kappa shape index (κ2) is 11.5. The van der Waals surface area contributed by atoms with Crippen LogP contribution in [0.3, 0.4) is 0 Å². The smallest absolute Gasteiger partial charge is 0.190 e. The Labute approximate surface area is 133 Å². The minimum absolute atomic E-state index is 0.298. The molecule has 0 amide bonds. The highest BCUT2D eigenvalue weighted by Crippen LogP contribution is 2.12. The van der Waals surface area contributed by atoms with E-state index in [-0.39, 0.29) is 0 Å². The Morgan fingerprint density at radius 2 is 1.95 bits per heavy atom. The Morgan fingerprint density at radius 3 is 2.59 bits per heavy atom. The van der Waals surface area contributed by atoms with Gasteiger partial charge >= 0.3 is 0 Å². The third kappa shape index (κ3) is 7.55. The van der Waals surface area contributed by atoms with Crippen LogP contribution in [-0.2, 0) is 11.2 Å². The van der Waals surface area contributed by atoms with E-state index in [2.05, 4.69) is 21.5 Å². The Bertz CT molecular complexity index is 478. The Balaban J connectivity index is 2.26. The SMILES string of the molecule is C#CCOc1ccc(CCNC(=NC)NCCCOC)cc1. The van der Waals surface area contributed by atoms with Gasteiger partial charge in [-0.3, -0.25) is 4.99 Å². The van der Waals surface area contributed by atoms with Gasteiger partial charge in [-0.2, -0.15) is 0 Å². The second-order valence-corrected chi connectivity index (χ2v) is 4.66. The van der Waals surface area contributed by atoms with E-state index in [1.807, 2.05) is 24.3 Å². The number of ether oxygens (including phenoxy) is 2. The minimum atomic E-state index is 0.298. The van der Waals surface area contributed by atoms with Gasteiger partial charge in [-0.05, 0) is 30.5 Å². The molecule has 0 aliphatic heterocycles. The Kier molecular flexibility index (Phi) is 9.31. The fourth-order valence-corrected chi connectivity index (χ4v) is 1.85. The molecular formula is C17H25N3O2. The van der Waals surface area contributed by atoms with Crippen molar-refractivity contribution >= 4 is 5.96 Å². The first kappa shape index (κ1) is 17.9. The molecule has 0 fully saturated rings. The van der Waals surface area contributed by atoms with Crippen LogP contribution < -0.4 is 15.4 Å². The molecule has 0 bridgehead atoms. The van der Waals surface area contributed by atoms with E-state index < -0.39 is 0 Å². The summed E-state index contributed by atoms with van der Waals surface area (Å²) in [5.41, 5.74) is 1.23. The van der Waals surface area contributed by atoms with E-state index in [1.54, 1.807) is 14.2 Å². The molecule has 0 unspecified atom stereocenters. The predicted molar refractivity (Wildman–Crippen MR) is 90.3 cm³/mol. The van der Waals surface area contributed by atoms with Gasteiger partial charge in [0.2, 0.25) is 0 Å². The van der Waals surface area contributed by atoms with Gasteiger partial charge in [-0.15, -0.1) is 6.42 Å². The van der Waals surface area contributed by atoms with Gasteiger partial charge in [0.25, 0.3) is 0 Å². The quantitative estimate of drug-likeness (QED) is 0.314. The number of guanidine groups is 1. The van der Waals surface area contributed by atoms with Crippen molar-refractivity contribution in [3.63, 3.8) is 0 Å². The average molecular weight is 303 g/mol. The van der Waals surface area contributed by atoms with E-state index in [0.29, 0.717) is 6.61 Å². The number of hydrogen-bond donors (Lipinski definition) is 2. The molecule has 0 aromatic heterocycles. The van der Waals surface area contributed by atoms with Crippen molar-refractivity contribution in [2.24, 2.45) is 4.99 Å². The van der Waals surface area contributed by atoms with Crippen LogP contribution in [0.1, 0.15) is 12.0 Å². The molecule has 0 spiro atoms. The number of benzene rings is 1. The number of terminal acetylenes is 1. The number of nitrogens with zero attached hydrogens (tertiary/aromatic N) is 1. The number of methoxy groups -OCH3 is 1. The van der Waals surface area contributed by atoms with Crippen LogP contribution in [0.5, 0.6) is 5.75 Å². The Hall–Kier alpha value is -2.19. The van der Waals surface area contributed by atoms with E-state index in [0.717, 1.165) is 44.2 Å². The first-order valence-electron chi connectivity index (χ1n) is 7.38. The summed E-state index contributed by atoms with van der Waals surface area (Å²) >= 11 is 0. The van der Waals surface area contributed by atoms with Crippen molar-refractivity contribution in [1.29, 1.82) is 0 Å². The maximum Gasteiger partial charge on any atom is 0.190 e. The molecule has 2 N–H and O–H groups in total. The molecule has 0 saturated carbocycles. The normalized spacial score (nSPS) is 10.9. The highest BCUT2D eigenvalue weighted by molar-refractivity contribution is 5.79. The number of rotatable bonds is 9. The van der Waals surface area contributed by atoms with E-state index in [9.17, 15) is 0 Å².